The van der Waals surface area contributed by atoms with Gasteiger partial charge in [-0.15, -0.1) is 0 Å². The lowest BCUT2D eigenvalue weighted by atomic mass is 10.1. The molecule has 1 aliphatic heterocycles. The number of nitrogens with two attached hydrogens (primary N) is 1. The molecule has 3 rings (SSSR count). The Morgan fingerprint density at radius 1 is 1.58 bits per heavy atom. The molecule has 24 heavy (non-hydrogen) atoms. The number of hydrogen-bond donors (Lipinski definition) is 4. The fourth-order valence-corrected chi connectivity index (χ4v) is 3.60. The first kappa shape index (κ1) is 17.4. The lowest BCUT2D eigenvalue weighted by molar-refractivity contribution is -0.0583. The van der Waals surface area contributed by atoms with E-state index in [1.54, 1.807) is 0 Å². The molecule has 3 heterocycles. The number of hydrogen-bond acceptors (Lipinski definition) is 9. The van der Waals surface area contributed by atoms with E-state index >= 15 is 0 Å². The van der Waals surface area contributed by atoms with Gasteiger partial charge in [-0.2, -0.15) is 4.98 Å². The predicted molar refractivity (Wildman–Crippen MR) is 87.2 cm³/mol. The summed E-state index contributed by atoms with van der Waals surface area (Å²) in [7, 11) is -1.17. The van der Waals surface area contributed by atoms with Gasteiger partial charge in [-0.25, -0.2) is 4.98 Å². The molecule has 0 saturated carbocycles. The standard InChI is InChI=1S/C11H16N5O6PS/c1-20-7-6(22-23(19)24)4(2-17)21-10(7)16-3-13-5-8(16)14-11(12)15-9(5)18/h3-4,6-7,10,17,23H,2H2,1H3,(H,19,24)(H3,12,14,15,18). The molecule has 2 aromatic heterocycles. The molecule has 0 aliphatic carbocycles. The van der Waals surface area contributed by atoms with E-state index in [0.717, 1.165) is 0 Å². The van der Waals surface area contributed by atoms with Crippen LogP contribution in [0.25, 0.3) is 11.2 Å². The zero-order chi connectivity index (χ0) is 17.4. The number of nitrogens with one attached hydrogen (secondary N) is 1. The molecule has 1 saturated heterocycles. The molecule has 11 nitrogen and oxygen atoms in total. The Morgan fingerprint density at radius 2 is 2.33 bits per heavy atom. The van der Waals surface area contributed by atoms with Gasteiger partial charge in [-0.1, -0.05) is 12.2 Å². The molecule has 1 aliphatic rings. The van der Waals surface area contributed by atoms with Gasteiger partial charge in [-0.3, -0.25) is 18.9 Å². The number of aliphatic hydroxyl groups excluding tert-OH is 1. The van der Waals surface area contributed by atoms with E-state index in [0.29, 0.717) is 0 Å². The summed E-state index contributed by atoms with van der Waals surface area (Å²) < 4.78 is 29.2. The van der Waals surface area contributed by atoms with Gasteiger partial charge < -0.3 is 24.8 Å². The lowest BCUT2D eigenvalue weighted by Gasteiger charge is -2.22. The number of nitrogens with zero attached hydrogens (tertiary/aromatic N) is 3. The third-order valence-corrected chi connectivity index (χ3v) is 4.49. The summed E-state index contributed by atoms with van der Waals surface area (Å²) in [6, 6.07) is 0. The number of anilines is 1. The minimum absolute atomic E-state index is 0.0758. The first-order valence-electron chi connectivity index (χ1n) is 6.87. The number of aromatic nitrogens is 4. The van der Waals surface area contributed by atoms with Gasteiger partial charge in [0, 0.05) is 7.11 Å². The summed E-state index contributed by atoms with van der Waals surface area (Å²) >= 11 is 3.76. The molecule has 132 valence electrons. The van der Waals surface area contributed by atoms with Crippen LogP contribution >= 0.6 is 19.5 Å². The molecule has 0 spiro atoms. The van der Waals surface area contributed by atoms with Crippen molar-refractivity contribution in [3.63, 3.8) is 0 Å². The highest BCUT2D eigenvalue weighted by atomic mass is 32.7. The second-order valence-corrected chi connectivity index (χ2v) is 6.93. The monoisotopic (exact) mass is 377 g/mol. The van der Waals surface area contributed by atoms with Gasteiger partial charge in [-0.05, 0) is 0 Å². The van der Waals surface area contributed by atoms with Crippen LogP contribution in [0.3, 0.4) is 0 Å². The SMILES string of the molecule is COC1C(O[PH](=O)S)C(CO)OC1n1cnc2c(=O)[nH]c(N)nc21. The van der Waals surface area contributed by atoms with Crippen LogP contribution in [0.1, 0.15) is 6.23 Å². The van der Waals surface area contributed by atoms with Crippen LogP contribution in [-0.4, -0.2) is 56.7 Å². The highest BCUT2D eigenvalue weighted by molar-refractivity contribution is 8.39. The highest BCUT2D eigenvalue weighted by Crippen LogP contribution is 2.40. The van der Waals surface area contributed by atoms with Crippen molar-refractivity contribution in [2.24, 2.45) is 0 Å². The Hall–Kier alpha value is -1.43. The molecule has 5 atom stereocenters. The molecule has 2 aromatic rings. The maximum absolute atomic E-state index is 11.9. The van der Waals surface area contributed by atoms with Crippen molar-refractivity contribution in [3.8, 4) is 0 Å². The quantitative estimate of drug-likeness (QED) is 0.391. The van der Waals surface area contributed by atoms with Gasteiger partial charge >= 0.3 is 0 Å². The molecule has 4 N–H and O–H groups in total. The topological polar surface area (TPSA) is 155 Å². The molecular formula is C11H16N5O6PS. The van der Waals surface area contributed by atoms with Crippen molar-refractivity contribution in [2.45, 2.75) is 24.5 Å². The maximum atomic E-state index is 11.9. The third kappa shape index (κ3) is 2.96. The zero-order valence-corrected chi connectivity index (χ0v) is 14.3. The molecule has 0 radical (unpaired) electrons. The Labute approximate surface area is 141 Å². The van der Waals surface area contributed by atoms with E-state index in [1.165, 1.54) is 18.0 Å². The van der Waals surface area contributed by atoms with E-state index in [2.05, 4.69) is 27.2 Å². The number of imidazole rings is 1. The Kier molecular flexibility index (Phi) is 4.95. The van der Waals surface area contributed by atoms with Crippen molar-refractivity contribution in [1.82, 2.24) is 19.5 Å². The Bertz CT molecular complexity index is 827. The second kappa shape index (κ2) is 6.82. The van der Waals surface area contributed by atoms with Crippen LogP contribution in [0.4, 0.5) is 5.95 Å². The van der Waals surface area contributed by atoms with Crippen LogP contribution in [0.2, 0.25) is 0 Å². The average molecular weight is 377 g/mol. The third-order valence-electron chi connectivity index (χ3n) is 3.70. The largest absolute Gasteiger partial charge is 0.394 e. The molecule has 0 amide bonds. The van der Waals surface area contributed by atoms with Gasteiger partial charge in [0.25, 0.3) is 5.56 Å². The molecule has 0 bridgehead atoms. The van der Waals surface area contributed by atoms with Crippen molar-refractivity contribution < 1.29 is 23.7 Å². The minimum Gasteiger partial charge on any atom is -0.394 e. The van der Waals surface area contributed by atoms with Gasteiger partial charge in [0.2, 0.25) is 13.2 Å². The van der Waals surface area contributed by atoms with Crippen LogP contribution < -0.4 is 11.3 Å². The van der Waals surface area contributed by atoms with E-state index in [-0.39, 0.29) is 23.7 Å². The number of H-pyrrole nitrogens is 1. The smallest absolute Gasteiger partial charge is 0.280 e. The van der Waals surface area contributed by atoms with E-state index < -0.39 is 37.3 Å². The number of methoxy groups -OCH3 is 1. The van der Waals surface area contributed by atoms with Crippen LogP contribution in [0.15, 0.2) is 11.1 Å². The molecular weight excluding hydrogens is 361 g/mol. The first-order chi connectivity index (χ1) is 11.5. The van der Waals surface area contributed by atoms with Crippen LogP contribution in [0.5, 0.6) is 0 Å². The van der Waals surface area contributed by atoms with Crippen molar-refractivity contribution in [1.29, 1.82) is 0 Å². The average Bonchev–Trinajstić information content (AvgIpc) is 3.07. The number of aromatic amines is 1. The Morgan fingerprint density at radius 3 is 2.96 bits per heavy atom. The number of nitrogen functional groups attached to an aromatic ring is 1. The molecule has 0 aromatic carbocycles. The predicted octanol–water partition coefficient (Wildman–Crippen LogP) is -0.689. The zero-order valence-electron chi connectivity index (χ0n) is 12.4. The van der Waals surface area contributed by atoms with E-state index in [1.807, 2.05) is 0 Å². The number of fused-ring (bicyclic) bond motifs is 1. The van der Waals surface area contributed by atoms with Crippen molar-refractivity contribution in [3.05, 3.63) is 16.7 Å². The number of thiol groups is 1. The number of ether oxygens (including phenoxy) is 2. The number of rotatable bonds is 5. The summed E-state index contributed by atoms with van der Waals surface area (Å²) in [5.74, 6) is -0.0758. The molecule has 5 unspecified atom stereocenters. The summed E-state index contributed by atoms with van der Waals surface area (Å²) in [6.45, 7) is -0.382. The fourth-order valence-electron chi connectivity index (χ4n) is 2.72. The van der Waals surface area contributed by atoms with Crippen LogP contribution in [-0.2, 0) is 18.6 Å². The van der Waals surface area contributed by atoms with Crippen molar-refractivity contribution in [2.75, 3.05) is 19.5 Å². The minimum atomic E-state index is -2.59. The van der Waals surface area contributed by atoms with E-state index in [9.17, 15) is 14.5 Å². The second-order valence-electron chi connectivity index (χ2n) is 5.07. The Balaban J connectivity index is 2.05. The summed E-state index contributed by atoms with van der Waals surface area (Å²) in [5, 5.41) is 9.49. The van der Waals surface area contributed by atoms with Gasteiger partial charge in [0.1, 0.15) is 18.3 Å². The molecule has 13 heteroatoms. The first-order valence-corrected chi connectivity index (χ1v) is 9.47. The normalized spacial score (nSPS) is 28.5. The lowest BCUT2D eigenvalue weighted by Crippen LogP contribution is -2.35. The number of aliphatic hydroxyl groups is 1. The highest BCUT2D eigenvalue weighted by Gasteiger charge is 2.47. The van der Waals surface area contributed by atoms with E-state index in [4.69, 9.17) is 19.7 Å². The maximum Gasteiger partial charge on any atom is 0.280 e. The summed E-state index contributed by atoms with van der Waals surface area (Å²) in [5.41, 5.74) is 5.36. The summed E-state index contributed by atoms with van der Waals surface area (Å²) in [4.78, 5) is 22.3. The van der Waals surface area contributed by atoms with Gasteiger partial charge in [0.05, 0.1) is 12.9 Å². The summed E-state index contributed by atoms with van der Waals surface area (Å²) in [6.07, 6.45) is -1.80. The van der Waals surface area contributed by atoms with Crippen LogP contribution in [0, 0.1) is 0 Å². The molecule has 1 fully saturated rings. The van der Waals surface area contributed by atoms with Gasteiger partial charge in [0.15, 0.2) is 17.4 Å². The van der Waals surface area contributed by atoms with Crippen molar-refractivity contribution >= 4 is 36.6 Å². The fraction of sp³-hybridized carbons (Fsp3) is 0.545.